The Morgan fingerprint density at radius 2 is 1.86 bits per heavy atom. The van der Waals surface area contributed by atoms with Gasteiger partial charge in [-0.05, 0) is 12.5 Å². The molecule has 1 heterocycles. The number of ether oxygens (including phenoxy) is 1. The van der Waals surface area contributed by atoms with Gasteiger partial charge in [0, 0.05) is 38.3 Å². The van der Waals surface area contributed by atoms with E-state index in [1.54, 1.807) is 12.0 Å². The molecule has 3 rings (SSSR count). The third-order valence-electron chi connectivity index (χ3n) is 5.67. The van der Waals surface area contributed by atoms with Gasteiger partial charge in [0.25, 0.3) is 5.91 Å². The number of rotatable bonds is 12. The van der Waals surface area contributed by atoms with Crippen molar-refractivity contribution in [1.82, 2.24) is 10.4 Å². The number of amides is 2. The van der Waals surface area contributed by atoms with Crippen LogP contribution in [0.5, 0.6) is 0 Å². The van der Waals surface area contributed by atoms with E-state index in [1.807, 2.05) is 35.6 Å². The summed E-state index contributed by atoms with van der Waals surface area (Å²) in [5.41, 5.74) is 0.694. The Morgan fingerprint density at radius 1 is 1.19 bits per heavy atom. The third kappa shape index (κ3) is 6.85. The van der Waals surface area contributed by atoms with Crippen LogP contribution in [0, 0.1) is 11.6 Å². The van der Waals surface area contributed by atoms with E-state index in [2.05, 4.69) is 0 Å². The zero-order chi connectivity index (χ0) is 26.2. The lowest BCUT2D eigenvalue weighted by molar-refractivity contribution is -0.136. The first-order valence-corrected chi connectivity index (χ1v) is 11.3. The van der Waals surface area contributed by atoms with Crippen LogP contribution in [-0.4, -0.2) is 69.4 Å². The first-order valence-electron chi connectivity index (χ1n) is 11.3. The molecule has 8 nitrogen and oxygen atoms in total. The van der Waals surface area contributed by atoms with Gasteiger partial charge in [0.1, 0.15) is 11.8 Å². The number of likely N-dealkylation sites (N-methyl/N-ethyl adjacent to an activating group) is 1. The predicted molar refractivity (Wildman–Crippen MR) is 125 cm³/mol. The highest BCUT2D eigenvalue weighted by atomic mass is 19.3. The van der Waals surface area contributed by atoms with Crippen molar-refractivity contribution < 1.29 is 36.7 Å². The molecule has 1 N–H and O–H groups in total. The number of nitrogens with one attached hydrogen (secondary N) is 1. The number of hydrogen-bond acceptors (Lipinski definition) is 6. The van der Waals surface area contributed by atoms with Gasteiger partial charge in [-0.15, -0.1) is 0 Å². The van der Waals surface area contributed by atoms with Gasteiger partial charge in [-0.3, -0.25) is 9.69 Å². The van der Waals surface area contributed by atoms with E-state index in [0.717, 1.165) is 22.6 Å². The largest absolute Gasteiger partial charge is 0.442 e. The van der Waals surface area contributed by atoms with Crippen molar-refractivity contribution in [2.24, 2.45) is 0 Å². The zero-order valence-electron chi connectivity index (χ0n) is 19.9. The van der Waals surface area contributed by atoms with Crippen LogP contribution in [0.1, 0.15) is 12.5 Å². The van der Waals surface area contributed by atoms with Gasteiger partial charge in [-0.25, -0.2) is 13.6 Å². The zero-order valence-corrected chi connectivity index (χ0v) is 19.9. The molecule has 0 aliphatic carbocycles. The van der Waals surface area contributed by atoms with Crippen molar-refractivity contribution in [3.63, 3.8) is 0 Å². The predicted octanol–water partition coefficient (Wildman–Crippen LogP) is 3.56. The van der Waals surface area contributed by atoms with Crippen LogP contribution in [0.3, 0.4) is 0 Å². The summed E-state index contributed by atoms with van der Waals surface area (Å²) in [5, 5.41) is 3.63. The standard InChI is InChI=1S/C24H28F4N4O4/c1-3-30(9-10-31(35-2)14-16-7-5-4-6-8-16)21-19(25)11-17(12-20(21)26)32-15-18(36-24(32)34)13-29-23(33)22(27)28/h4-8,11-12,18,22H,3,9-10,13-15H2,1-2H3,(H,29,33)/t18-/m0/s1. The Kier molecular flexibility index (Phi) is 9.48. The fraction of sp³-hybridized carbons (Fsp3) is 0.417. The average molecular weight is 513 g/mol. The Morgan fingerprint density at radius 3 is 2.44 bits per heavy atom. The normalized spacial score (nSPS) is 15.5. The SMILES string of the molecule is CCN(CCN(Cc1ccccc1)OC)c1c(F)cc(N2C[C@H](CNC(=O)C(F)F)OC2=O)cc1F. The Hall–Kier alpha value is -3.38. The molecule has 12 heteroatoms. The summed E-state index contributed by atoms with van der Waals surface area (Å²) in [4.78, 5) is 31.1. The molecule has 1 fully saturated rings. The molecule has 2 amide bonds. The van der Waals surface area contributed by atoms with E-state index in [4.69, 9.17) is 9.57 Å². The molecule has 1 saturated heterocycles. The third-order valence-corrected chi connectivity index (χ3v) is 5.67. The van der Waals surface area contributed by atoms with Gasteiger partial charge in [0.2, 0.25) is 0 Å². The number of halogens is 4. The second-order valence-corrected chi connectivity index (χ2v) is 8.03. The van der Waals surface area contributed by atoms with Crippen LogP contribution in [0.2, 0.25) is 0 Å². The summed E-state index contributed by atoms with van der Waals surface area (Å²) >= 11 is 0. The highest BCUT2D eigenvalue weighted by molar-refractivity contribution is 5.90. The minimum atomic E-state index is -3.20. The minimum Gasteiger partial charge on any atom is -0.442 e. The van der Waals surface area contributed by atoms with Crippen LogP contribution < -0.4 is 15.1 Å². The monoisotopic (exact) mass is 512 g/mol. The number of benzene rings is 2. The van der Waals surface area contributed by atoms with Crippen molar-refractivity contribution in [3.05, 3.63) is 59.7 Å². The summed E-state index contributed by atoms with van der Waals surface area (Å²) in [6, 6.07) is 11.6. The van der Waals surface area contributed by atoms with E-state index in [1.165, 1.54) is 12.0 Å². The van der Waals surface area contributed by atoms with E-state index in [0.29, 0.717) is 19.6 Å². The number of hydroxylamine groups is 2. The number of nitrogens with zero attached hydrogens (tertiary/aromatic N) is 3. The number of anilines is 2. The maximum Gasteiger partial charge on any atom is 0.414 e. The number of cyclic esters (lactones) is 1. The summed E-state index contributed by atoms with van der Waals surface area (Å²) in [6.45, 7) is 2.68. The van der Waals surface area contributed by atoms with Crippen LogP contribution in [-0.2, 0) is 20.9 Å². The van der Waals surface area contributed by atoms with E-state index in [9.17, 15) is 18.4 Å². The van der Waals surface area contributed by atoms with Gasteiger partial charge < -0.3 is 19.8 Å². The van der Waals surface area contributed by atoms with Gasteiger partial charge in [-0.1, -0.05) is 30.3 Å². The Bertz CT molecular complexity index is 1020. The lowest BCUT2D eigenvalue weighted by atomic mass is 10.2. The average Bonchev–Trinajstić information content (AvgIpc) is 3.23. The second kappa shape index (κ2) is 12.5. The first-order chi connectivity index (χ1) is 17.2. The molecule has 36 heavy (non-hydrogen) atoms. The molecule has 0 saturated carbocycles. The van der Waals surface area contributed by atoms with E-state index < -0.39 is 36.2 Å². The molecule has 0 unspecified atom stereocenters. The van der Waals surface area contributed by atoms with Crippen molar-refractivity contribution in [2.45, 2.75) is 26.0 Å². The van der Waals surface area contributed by atoms with Crippen LogP contribution in [0.25, 0.3) is 0 Å². The maximum absolute atomic E-state index is 15.1. The lowest BCUT2D eigenvalue weighted by Crippen LogP contribution is -2.37. The van der Waals surface area contributed by atoms with E-state index >= 15 is 8.78 Å². The number of hydrogen-bond donors (Lipinski definition) is 1. The van der Waals surface area contributed by atoms with Gasteiger partial charge in [0.05, 0.1) is 25.9 Å². The van der Waals surface area contributed by atoms with Gasteiger partial charge in [0.15, 0.2) is 11.6 Å². The lowest BCUT2D eigenvalue weighted by Gasteiger charge is -2.28. The molecule has 2 aromatic rings. The molecule has 0 radical (unpaired) electrons. The molecule has 0 spiro atoms. The van der Waals surface area contributed by atoms with Crippen molar-refractivity contribution >= 4 is 23.4 Å². The van der Waals surface area contributed by atoms with Crippen LogP contribution >= 0.6 is 0 Å². The van der Waals surface area contributed by atoms with Gasteiger partial charge in [-0.2, -0.15) is 13.8 Å². The number of carbonyl (C=O) groups is 2. The van der Waals surface area contributed by atoms with Crippen molar-refractivity contribution in [1.29, 1.82) is 0 Å². The summed E-state index contributed by atoms with van der Waals surface area (Å²) in [7, 11) is 1.52. The maximum atomic E-state index is 15.1. The van der Waals surface area contributed by atoms with Crippen LogP contribution in [0.15, 0.2) is 42.5 Å². The highest BCUT2D eigenvalue weighted by Gasteiger charge is 2.34. The molecule has 1 aliphatic heterocycles. The van der Waals surface area contributed by atoms with E-state index in [-0.39, 0.29) is 31.0 Å². The smallest absolute Gasteiger partial charge is 0.414 e. The summed E-state index contributed by atoms with van der Waals surface area (Å²) in [5.74, 6) is -3.25. The first kappa shape index (κ1) is 27.2. The molecule has 2 aromatic carbocycles. The highest BCUT2D eigenvalue weighted by Crippen LogP contribution is 2.31. The molecule has 196 valence electrons. The van der Waals surface area contributed by atoms with Gasteiger partial charge >= 0.3 is 12.5 Å². The summed E-state index contributed by atoms with van der Waals surface area (Å²) in [6.07, 6.45) is -5.05. The topological polar surface area (TPSA) is 74.3 Å². The molecular formula is C24H28F4N4O4. The minimum absolute atomic E-state index is 0.0833. The van der Waals surface area contributed by atoms with Crippen LogP contribution in [0.4, 0.5) is 33.7 Å². The van der Waals surface area contributed by atoms with Crippen molar-refractivity contribution in [2.75, 3.05) is 49.6 Å². The quantitative estimate of drug-likeness (QED) is 0.346. The second-order valence-electron chi connectivity index (χ2n) is 8.03. The number of alkyl halides is 2. The Labute approximate surface area is 206 Å². The molecule has 0 aromatic heterocycles. The molecular weight excluding hydrogens is 484 g/mol. The fourth-order valence-corrected chi connectivity index (χ4v) is 3.82. The number of carbonyl (C=O) groups excluding carboxylic acids is 2. The fourth-order valence-electron chi connectivity index (χ4n) is 3.82. The summed E-state index contributed by atoms with van der Waals surface area (Å²) < 4.78 is 59.8. The van der Waals surface area contributed by atoms with Crippen molar-refractivity contribution in [3.8, 4) is 0 Å². The molecule has 0 bridgehead atoms. The molecule has 1 atom stereocenters. The Balaban J connectivity index is 1.66. The molecule has 1 aliphatic rings.